The first-order chi connectivity index (χ1) is 8.97. The fourth-order valence-electron chi connectivity index (χ4n) is 2.29. The van der Waals surface area contributed by atoms with Gasteiger partial charge >= 0.3 is 0 Å². The lowest BCUT2D eigenvalue weighted by Gasteiger charge is -2.22. The standard InChI is InChI=1S/C16H19FN2/c1-11-4-7-16(12(2)8-11)19(3)10-13-9-14(17)5-6-15(13)18/h4-9H,10,18H2,1-3H3. The first-order valence-electron chi connectivity index (χ1n) is 6.29. The molecule has 0 aliphatic heterocycles. The van der Waals surface area contributed by atoms with Crippen LogP contribution in [0.25, 0.3) is 0 Å². The lowest BCUT2D eigenvalue weighted by Crippen LogP contribution is -2.18. The number of aryl methyl sites for hydroxylation is 2. The molecule has 0 bridgehead atoms. The number of rotatable bonds is 3. The summed E-state index contributed by atoms with van der Waals surface area (Å²) in [6.45, 7) is 4.74. The lowest BCUT2D eigenvalue weighted by molar-refractivity contribution is 0.625. The van der Waals surface area contributed by atoms with Gasteiger partial charge in [-0.1, -0.05) is 17.7 Å². The summed E-state index contributed by atoms with van der Waals surface area (Å²) < 4.78 is 13.3. The lowest BCUT2D eigenvalue weighted by atomic mass is 10.1. The van der Waals surface area contributed by atoms with Crippen LogP contribution < -0.4 is 10.6 Å². The molecule has 0 amide bonds. The molecule has 0 heterocycles. The predicted molar refractivity (Wildman–Crippen MR) is 78.8 cm³/mol. The van der Waals surface area contributed by atoms with Crippen molar-refractivity contribution in [3.05, 3.63) is 58.9 Å². The Kier molecular flexibility index (Phi) is 3.74. The Balaban J connectivity index is 2.25. The van der Waals surface area contributed by atoms with E-state index in [2.05, 4.69) is 36.9 Å². The third-order valence-corrected chi connectivity index (χ3v) is 3.28. The van der Waals surface area contributed by atoms with Gasteiger partial charge in [0.05, 0.1) is 0 Å². The molecule has 3 heteroatoms. The van der Waals surface area contributed by atoms with E-state index in [1.807, 2.05) is 7.05 Å². The van der Waals surface area contributed by atoms with E-state index in [0.29, 0.717) is 12.2 Å². The number of anilines is 2. The summed E-state index contributed by atoms with van der Waals surface area (Å²) in [5.74, 6) is -0.252. The minimum Gasteiger partial charge on any atom is -0.398 e. The van der Waals surface area contributed by atoms with Gasteiger partial charge in [0, 0.05) is 25.0 Å². The van der Waals surface area contributed by atoms with Crippen molar-refractivity contribution in [2.24, 2.45) is 0 Å². The van der Waals surface area contributed by atoms with Gasteiger partial charge in [0.1, 0.15) is 5.82 Å². The summed E-state index contributed by atoms with van der Waals surface area (Å²) in [5.41, 5.74) is 10.9. The van der Waals surface area contributed by atoms with Crippen LogP contribution in [0.3, 0.4) is 0 Å². The molecule has 0 aliphatic rings. The number of hydrogen-bond donors (Lipinski definition) is 1. The summed E-state index contributed by atoms with van der Waals surface area (Å²) in [4.78, 5) is 2.08. The quantitative estimate of drug-likeness (QED) is 0.851. The molecular formula is C16H19FN2. The van der Waals surface area contributed by atoms with Crippen molar-refractivity contribution in [1.82, 2.24) is 0 Å². The van der Waals surface area contributed by atoms with Gasteiger partial charge in [0.25, 0.3) is 0 Å². The van der Waals surface area contributed by atoms with E-state index in [1.54, 1.807) is 6.07 Å². The van der Waals surface area contributed by atoms with Gasteiger partial charge in [-0.05, 0) is 49.2 Å². The molecule has 2 aromatic rings. The molecule has 100 valence electrons. The molecule has 0 aliphatic carbocycles. The highest BCUT2D eigenvalue weighted by Gasteiger charge is 2.08. The van der Waals surface area contributed by atoms with Crippen LogP contribution in [-0.4, -0.2) is 7.05 Å². The highest BCUT2D eigenvalue weighted by Crippen LogP contribution is 2.23. The average Bonchev–Trinajstić information content (AvgIpc) is 2.33. The van der Waals surface area contributed by atoms with Gasteiger partial charge in [-0.2, -0.15) is 0 Å². The fraction of sp³-hybridized carbons (Fsp3) is 0.250. The molecule has 2 N–H and O–H groups in total. The van der Waals surface area contributed by atoms with Crippen molar-refractivity contribution in [3.63, 3.8) is 0 Å². The van der Waals surface area contributed by atoms with Crippen molar-refractivity contribution in [2.75, 3.05) is 17.7 Å². The van der Waals surface area contributed by atoms with Crippen LogP contribution in [0.1, 0.15) is 16.7 Å². The minimum absolute atomic E-state index is 0.252. The zero-order chi connectivity index (χ0) is 14.0. The number of nitrogens with two attached hydrogens (primary N) is 1. The zero-order valence-electron chi connectivity index (χ0n) is 11.6. The minimum atomic E-state index is -0.252. The zero-order valence-corrected chi connectivity index (χ0v) is 11.6. The molecule has 0 aromatic heterocycles. The van der Waals surface area contributed by atoms with Gasteiger partial charge in [-0.3, -0.25) is 0 Å². The third-order valence-electron chi connectivity index (χ3n) is 3.28. The van der Waals surface area contributed by atoms with E-state index in [0.717, 1.165) is 11.3 Å². The predicted octanol–water partition coefficient (Wildman–Crippen LogP) is 3.66. The first-order valence-corrected chi connectivity index (χ1v) is 6.29. The SMILES string of the molecule is Cc1ccc(N(C)Cc2cc(F)ccc2N)c(C)c1. The molecule has 2 nitrogen and oxygen atoms in total. The normalized spacial score (nSPS) is 10.5. The van der Waals surface area contributed by atoms with Crippen molar-refractivity contribution in [3.8, 4) is 0 Å². The second-order valence-corrected chi connectivity index (χ2v) is 4.99. The summed E-state index contributed by atoms with van der Waals surface area (Å²) in [6, 6.07) is 10.8. The van der Waals surface area contributed by atoms with Crippen LogP contribution in [-0.2, 0) is 6.54 Å². The Bertz CT molecular complexity index is 593. The van der Waals surface area contributed by atoms with E-state index in [9.17, 15) is 4.39 Å². The highest BCUT2D eigenvalue weighted by atomic mass is 19.1. The van der Waals surface area contributed by atoms with Gasteiger partial charge in [-0.25, -0.2) is 4.39 Å². The van der Waals surface area contributed by atoms with E-state index in [-0.39, 0.29) is 5.82 Å². The van der Waals surface area contributed by atoms with Crippen LogP contribution in [0, 0.1) is 19.7 Å². The van der Waals surface area contributed by atoms with Crippen molar-refractivity contribution >= 4 is 11.4 Å². The summed E-state index contributed by atoms with van der Waals surface area (Å²) in [6.07, 6.45) is 0. The van der Waals surface area contributed by atoms with Gasteiger partial charge < -0.3 is 10.6 Å². The third kappa shape index (κ3) is 3.05. The van der Waals surface area contributed by atoms with Crippen LogP contribution >= 0.6 is 0 Å². The maximum atomic E-state index is 13.3. The Morgan fingerprint density at radius 2 is 1.84 bits per heavy atom. The molecular weight excluding hydrogens is 239 g/mol. The van der Waals surface area contributed by atoms with Crippen molar-refractivity contribution < 1.29 is 4.39 Å². The Morgan fingerprint density at radius 1 is 1.11 bits per heavy atom. The second kappa shape index (κ2) is 5.31. The topological polar surface area (TPSA) is 29.3 Å². The maximum Gasteiger partial charge on any atom is 0.123 e. The number of nitrogens with zero attached hydrogens (tertiary/aromatic N) is 1. The molecule has 0 radical (unpaired) electrons. The van der Waals surface area contributed by atoms with E-state index in [4.69, 9.17) is 5.73 Å². The smallest absolute Gasteiger partial charge is 0.123 e. The molecule has 0 fully saturated rings. The van der Waals surface area contributed by atoms with E-state index >= 15 is 0 Å². The molecule has 0 saturated heterocycles. The number of benzene rings is 2. The summed E-state index contributed by atoms with van der Waals surface area (Å²) in [7, 11) is 1.99. The summed E-state index contributed by atoms with van der Waals surface area (Å²) >= 11 is 0. The molecule has 2 aromatic carbocycles. The van der Waals surface area contributed by atoms with E-state index in [1.165, 1.54) is 23.3 Å². The number of hydrogen-bond acceptors (Lipinski definition) is 2. The monoisotopic (exact) mass is 258 g/mol. The summed E-state index contributed by atoms with van der Waals surface area (Å²) in [5, 5.41) is 0. The van der Waals surface area contributed by atoms with Crippen LogP contribution in [0.5, 0.6) is 0 Å². The Morgan fingerprint density at radius 3 is 2.53 bits per heavy atom. The largest absolute Gasteiger partial charge is 0.398 e. The Labute approximate surface area is 113 Å². The van der Waals surface area contributed by atoms with Gasteiger partial charge in [0.15, 0.2) is 0 Å². The molecule has 0 unspecified atom stereocenters. The number of halogens is 1. The van der Waals surface area contributed by atoms with Gasteiger partial charge in [-0.15, -0.1) is 0 Å². The Hall–Kier alpha value is -2.03. The molecule has 19 heavy (non-hydrogen) atoms. The second-order valence-electron chi connectivity index (χ2n) is 4.99. The van der Waals surface area contributed by atoms with E-state index < -0.39 is 0 Å². The molecule has 2 rings (SSSR count). The maximum absolute atomic E-state index is 13.3. The van der Waals surface area contributed by atoms with Crippen LogP contribution in [0.15, 0.2) is 36.4 Å². The molecule has 0 atom stereocenters. The highest BCUT2D eigenvalue weighted by molar-refractivity contribution is 5.56. The van der Waals surface area contributed by atoms with Crippen LogP contribution in [0.4, 0.5) is 15.8 Å². The van der Waals surface area contributed by atoms with Crippen molar-refractivity contribution in [1.29, 1.82) is 0 Å². The van der Waals surface area contributed by atoms with Gasteiger partial charge in [0.2, 0.25) is 0 Å². The molecule has 0 saturated carbocycles. The first kappa shape index (κ1) is 13.4. The molecule has 0 spiro atoms. The van der Waals surface area contributed by atoms with Crippen LogP contribution in [0.2, 0.25) is 0 Å². The van der Waals surface area contributed by atoms with Crippen molar-refractivity contribution in [2.45, 2.75) is 20.4 Å². The number of nitrogen functional groups attached to an aromatic ring is 1. The average molecular weight is 258 g/mol. The fourth-order valence-corrected chi connectivity index (χ4v) is 2.29.